The molecule has 11 heteroatoms. The number of carbonyl (C=O) groups is 2. The fourth-order valence-electron chi connectivity index (χ4n) is 4.74. The van der Waals surface area contributed by atoms with Crippen molar-refractivity contribution < 1.29 is 22.7 Å². The molecule has 8 nitrogen and oxygen atoms in total. The Morgan fingerprint density at radius 1 is 0.907 bits per heavy atom. The molecule has 2 amide bonds. The molecule has 0 saturated carbocycles. The van der Waals surface area contributed by atoms with E-state index in [-0.39, 0.29) is 28.9 Å². The van der Waals surface area contributed by atoms with E-state index >= 15 is 0 Å². The molecule has 43 heavy (non-hydrogen) atoms. The van der Waals surface area contributed by atoms with Crippen LogP contribution in [0.2, 0.25) is 10.0 Å². The van der Waals surface area contributed by atoms with Gasteiger partial charge < -0.3 is 15.0 Å². The molecule has 0 aliphatic carbocycles. The van der Waals surface area contributed by atoms with Crippen molar-refractivity contribution in [3.8, 4) is 5.75 Å². The summed E-state index contributed by atoms with van der Waals surface area (Å²) >= 11 is 12.4. The van der Waals surface area contributed by atoms with E-state index in [0.717, 1.165) is 9.87 Å². The number of fused-ring (bicyclic) bond motifs is 1. The van der Waals surface area contributed by atoms with E-state index in [1.165, 1.54) is 23.1 Å². The Morgan fingerprint density at radius 2 is 1.58 bits per heavy atom. The number of benzene rings is 4. The van der Waals surface area contributed by atoms with Gasteiger partial charge in [0.15, 0.2) is 6.10 Å². The van der Waals surface area contributed by atoms with Gasteiger partial charge in [0, 0.05) is 23.1 Å². The predicted octanol–water partition coefficient (Wildman–Crippen LogP) is 5.34. The first kappa shape index (κ1) is 30.6. The van der Waals surface area contributed by atoms with Crippen LogP contribution in [0.25, 0.3) is 0 Å². The maximum atomic E-state index is 13.9. The number of halogens is 2. The zero-order valence-corrected chi connectivity index (χ0v) is 25.4. The number of amides is 2. The summed E-state index contributed by atoms with van der Waals surface area (Å²) in [5.74, 6) is -0.545. The minimum Gasteiger partial charge on any atom is -0.477 e. The van der Waals surface area contributed by atoms with Gasteiger partial charge in [-0.15, -0.1) is 0 Å². The average Bonchev–Trinajstić information content (AvgIpc) is 3.02. The number of hydrogen-bond acceptors (Lipinski definition) is 5. The second kappa shape index (κ2) is 13.6. The maximum absolute atomic E-state index is 13.9. The summed E-state index contributed by atoms with van der Waals surface area (Å²) < 4.78 is 34.6. The van der Waals surface area contributed by atoms with Crippen LogP contribution < -0.4 is 15.0 Å². The van der Waals surface area contributed by atoms with Gasteiger partial charge in [-0.1, -0.05) is 89.9 Å². The number of anilines is 1. The molecule has 4 aromatic carbocycles. The Morgan fingerprint density at radius 3 is 2.30 bits per heavy atom. The van der Waals surface area contributed by atoms with Crippen LogP contribution in [0.4, 0.5) is 5.69 Å². The molecule has 0 saturated heterocycles. The Balaban J connectivity index is 1.38. The number of rotatable bonds is 10. The summed E-state index contributed by atoms with van der Waals surface area (Å²) in [6, 6.07) is 29.2. The molecule has 1 aliphatic heterocycles. The Bertz CT molecular complexity index is 1700. The van der Waals surface area contributed by atoms with Gasteiger partial charge in [0.25, 0.3) is 5.91 Å². The topological polar surface area (TPSA) is 96.0 Å². The summed E-state index contributed by atoms with van der Waals surface area (Å²) in [4.78, 5) is 28.5. The van der Waals surface area contributed by atoms with Crippen molar-refractivity contribution in [3.63, 3.8) is 0 Å². The standard InChI is InChI=1S/C32H29Cl2N3O5S/c33-25-16-15-24(27(34)19-25)20-36(43(40,41)26-11-5-2-6-12-26)22-31(38)37-21-30(42-29-14-8-7-13-28(29)37)32(39)35-18-17-23-9-3-1-4-10-23/h1-16,19,30H,17-18,20-22H2,(H,35,39). The van der Waals surface area contributed by atoms with Crippen LogP contribution in [0.5, 0.6) is 5.75 Å². The summed E-state index contributed by atoms with van der Waals surface area (Å²) in [5, 5.41) is 3.57. The Hall–Kier alpha value is -3.89. The lowest BCUT2D eigenvalue weighted by Crippen LogP contribution is -2.53. The molecule has 0 aromatic heterocycles. The maximum Gasteiger partial charge on any atom is 0.262 e. The van der Waals surface area contributed by atoms with Crippen molar-refractivity contribution in [2.45, 2.75) is 24.0 Å². The first-order chi connectivity index (χ1) is 20.7. The molecule has 1 N–H and O–H groups in total. The van der Waals surface area contributed by atoms with Crippen molar-refractivity contribution in [2.75, 3.05) is 24.5 Å². The molecule has 0 radical (unpaired) electrons. The predicted molar refractivity (Wildman–Crippen MR) is 167 cm³/mol. The lowest BCUT2D eigenvalue weighted by Gasteiger charge is -2.35. The third kappa shape index (κ3) is 7.37. The highest BCUT2D eigenvalue weighted by Crippen LogP contribution is 2.34. The Labute approximate surface area is 260 Å². The van der Waals surface area contributed by atoms with Crippen LogP contribution in [0, 0.1) is 0 Å². The van der Waals surface area contributed by atoms with Crippen LogP contribution >= 0.6 is 23.2 Å². The first-order valence-electron chi connectivity index (χ1n) is 13.6. The largest absolute Gasteiger partial charge is 0.477 e. The lowest BCUT2D eigenvalue weighted by molar-refractivity contribution is -0.128. The molecule has 0 fully saturated rings. The molecular weight excluding hydrogens is 609 g/mol. The number of nitrogens with zero attached hydrogens (tertiary/aromatic N) is 2. The quantitative estimate of drug-likeness (QED) is 0.253. The minimum absolute atomic E-state index is 0.0333. The summed E-state index contributed by atoms with van der Waals surface area (Å²) in [6.07, 6.45) is -0.350. The van der Waals surface area contributed by atoms with E-state index in [1.807, 2.05) is 30.3 Å². The smallest absolute Gasteiger partial charge is 0.262 e. The van der Waals surface area contributed by atoms with Crippen LogP contribution in [-0.4, -0.2) is 50.3 Å². The highest BCUT2D eigenvalue weighted by atomic mass is 35.5. The molecule has 1 aliphatic rings. The van der Waals surface area contributed by atoms with Gasteiger partial charge >= 0.3 is 0 Å². The molecular formula is C32H29Cl2N3O5S. The minimum atomic E-state index is -4.12. The molecule has 0 spiro atoms. The molecule has 0 bridgehead atoms. The zero-order valence-electron chi connectivity index (χ0n) is 23.0. The summed E-state index contributed by atoms with van der Waals surface area (Å²) in [5.41, 5.74) is 2.01. The fourth-order valence-corrected chi connectivity index (χ4v) is 6.60. The number of sulfonamides is 1. The highest BCUT2D eigenvalue weighted by molar-refractivity contribution is 7.89. The second-order valence-corrected chi connectivity index (χ2v) is 12.7. The van der Waals surface area contributed by atoms with E-state index in [9.17, 15) is 18.0 Å². The second-order valence-electron chi connectivity index (χ2n) is 9.93. The van der Waals surface area contributed by atoms with Gasteiger partial charge in [-0.25, -0.2) is 8.42 Å². The van der Waals surface area contributed by atoms with Gasteiger partial charge in [-0.3, -0.25) is 9.59 Å². The number of carbonyl (C=O) groups excluding carboxylic acids is 2. The van der Waals surface area contributed by atoms with Crippen LogP contribution in [0.3, 0.4) is 0 Å². The van der Waals surface area contributed by atoms with E-state index in [1.54, 1.807) is 54.6 Å². The van der Waals surface area contributed by atoms with E-state index in [0.29, 0.717) is 35.0 Å². The van der Waals surface area contributed by atoms with Gasteiger partial charge in [0.2, 0.25) is 15.9 Å². The third-order valence-electron chi connectivity index (χ3n) is 6.98. The van der Waals surface area contributed by atoms with Crippen molar-refractivity contribution >= 4 is 50.7 Å². The third-order valence-corrected chi connectivity index (χ3v) is 9.37. The zero-order chi connectivity index (χ0) is 30.4. The molecule has 1 heterocycles. The summed E-state index contributed by atoms with van der Waals surface area (Å²) in [6.45, 7) is -0.377. The average molecular weight is 639 g/mol. The van der Waals surface area contributed by atoms with E-state index < -0.39 is 28.6 Å². The Kier molecular flexibility index (Phi) is 9.67. The molecule has 5 rings (SSSR count). The number of para-hydroxylation sites is 2. The molecule has 1 unspecified atom stereocenters. The van der Waals surface area contributed by atoms with Crippen LogP contribution in [-0.2, 0) is 32.6 Å². The number of ether oxygens (including phenoxy) is 1. The van der Waals surface area contributed by atoms with Gasteiger partial charge in [-0.2, -0.15) is 4.31 Å². The van der Waals surface area contributed by atoms with Crippen molar-refractivity contribution in [1.82, 2.24) is 9.62 Å². The van der Waals surface area contributed by atoms with Gasteiger partial charge in [0.1, 0.15) is 5.75 Å². The van der Waals surface area contributed by atoms with Crippen molar-refractivity contribution in [3.05, 3.63) is 124 Å². The molecule has 4 aromatic rings. The SMILES string of the molecule is O=C(NCCc1ccccc1)C1CN(C(=O)CN(Cc2ccc(Cl)cc2Cl)S(=O)(=O)c2ccccc2)c2ccccc2O1. The van der Waals surface area contributed by atoms with Gasteiger partial charge in [-0.05, 0) is 53.9 Å². The van der Waals surface area contributed by atoms with E-state index in [4.69, 9.17) is 27.9 Å². The summed E-state index contributed by atoms with van der Waals surface area (Å²) in [7, 11) is -4.12. The van der Waals surface area contributed by atoms with Crippen LogP contribution in [0.15, 0.2) is 108 Å². The molecule has 1 atom stereocenters. The molecule has 222 valence electrons. The number of nitrogens with one attached hydrogen (secondary N) is 1. The van der Waals surface area contributed by atoms with Crippen molar-refractivity contribution in [2.24, 2.45) is 0 Å². The highest BCUT2D eigenvalue weighted by Gasteiger charge is 2.36. The fraction of sp³-hybridized carbons (Fsp3) is 0.188. The van der Waals surface area contributed by atoms with Crippen LogP contribution in [0.1, 0.15) is 11.1 Å². The monoisotopic (exact) mass is 637 g/mol. The van der Waals surface area contributed by atoms with E-state index in [2.05, 4.69) is 5.32 Å². The number of hydrogen-bond donors (Lipinski definition) is 1. The van der Waals surface area contributed by atoms with Crippen molar-refractivity contribution in [1.29, 1.82) is 0 Å². The first-order valence-corrected chi connectivity index (χ1v) is 15.8. The normalized spacial score (nSPS) is 14.6. The lowest BCUT2D eigenvalue weighted by atomic mass is 10.1. The van der Waals surface area contributed by atoms with Gasteiger partial charge in [0.05, 0.1) is 23.7 Å².